The minimum atomic E-state index is -0.968. The molecule has 0 aliphatic rings. The Morgan fingerprint density at radius 1 is 1.07 bits per heavy atom. The average molecular weight is 372 g/mol. The molecule has 0 fully saturated rings. The van der Waals surface area contributed by atoms with Gasteiger partial charge in [-0.2, -0.15) is 0 Å². The van der Waals surface area contributed by atoms with Gasteiger partial charge < -0.3 is 25.2 Å². The molecule has 1 atom stereocenters. The Balaban J connectivity index is 2.15. The van der Waals surface area contributed by atoms with E-state index in [9.17, 15) is 9.59 Å². The van der Waals surface area contributed by atoms with Crippen molar-refractivity contribution in [1.29, 1.82) is 0 Å². The van der Waals surface area contributed by atoms with E-state index in [1.807, 2.05) is 19.1 Å². The van der Waals surface area contributed by atoms with E-state index in [1.165, 1.54) is 0 Å². The number of amides is 1. The molecular formula is C20H24N2O5. The van der Waals surface area contributed by atoms with Gasteiger partial charge in [-0.1, -0.05) is 19.1 Å². The maximum absolute atomic E-state index is 12.6. The normalized spacial score (nSPS) is 11.4. The number of ether oxygens (including phenoxy) is 2. The minimum absolute atomic E-state index is 0.201. The molecule has 0 bridgehead atoms. The van der Waals surface area contributed by atoms with Crippen LogP contribution in [-0.2, 0) is 4.79 Å². The first-order valence-corrected chi connectivity index (χ1v) is 8.57. The maximum atomic E-state index is 12.6. The van der Waals surface area contributed by atoms with Gasteiger partial charge in [0.1, 0.15) is 6.54 Å². The van der Waals surface area contributed by atoms with E-state index in [1.54, 1.807) is 44.6 Å². The third-order valence-corrected chi connectivity index (χ3v) is 4.09. The van der Waals surface area contributed by atoms with Crippen LogP contribution >= 0.6 is 0 Å². The number of anilines is 1. The number of carbonyl (C=O) groups excluding carboxylic acids is 1. The van der Waals surface area contributed by atoms with Gasteiger partial charge in [0.15, 0.2) is 11.5 Å². The van der Waals surface area contributed by atoms with Crippen LogP contribution in [0.1, 0.15) is 35.3 Å². The van der Waals surface area contributed by atoms with Gasteiger partial charge in [0.2, 0.25) is 0 Å². The van der Waals surface area contributed by atoms with Crippen LogP contribution in [0, 0.1) is 0 Å². The average Bonchev–Trinajstić information content (AvgIpc) is 2.69. The Morgan fingerprint density at radius 2 is 1.81 bits per heavy atom. The molecule has 1 amide bonds. The number of aliphatic carboxylic acids is 1. The van der Waals surface area contributed by atoms with Crippen molar-refractivity contribution >= 4 is 17.6 Å². The minimum Gasteiger partial charge on any atom is -0.493 e. The van der Waals surface area contributed by atoms with Crippen molar-refractivity contribution in [2.45, 2.75) is 19.4 Å². The molecule has 0 saturated carbocycles. The fraction of sp³-hybridized carbons (Fsp3) is 0.300. The zero-order valence-electron chi connectivity index (χ0n) is 15.6. The van der Waals surface area contributed by atoms with Crippen molar-refractivity contribution in [3.63, 3.8) is 0 Å². The molecule has 144 valence electrons. The summed E-state index contributed by atoms with van der Waals surface area (Å²) in [4.78, 5) is 23.3. The van der Waals surface area contributed by atoms with E-state index in [4.69, 9.17) is 14.6 Å². The van der Waals surface area contributed by atoms with Crippen molar-refractivity contribution in [2.24, 2.45) is 0 Å². The van der Waals surface area contributed by atoms with Gasteiger partial charge in [0, 0.05) is 11.3 Å². The number of carbonyl (C=O) groups is 2. The summed E-state index contributed by atoms with van der Waals surface area (Å²) in [5.74, 6) is 0.0159. The SMILES string of the molecule is CC[C@@H](NC(=O)c1cccc(NCC(=O)O)c1)c1ccc(OC)c(OC)c1. The predicted octanol–water partition coefficient (Wildman–Crippen LogP) is 3.08. The summed E-state index contributed by atoms with van der Waals surface area (Å²) in [6.45, 7) is 1.76. The van der Waals surface area contributed by atoms with E-state index >= 15 is 0 Å². The number of nitrogens with one attached hydrogen (secondary N) is 2. The van der Waals surface area contributed by atoms with Gasteiger partial charge in [-0.15, -0.1) is 0 Å². The van der Waals surface area contributed by atoms with Crippen molar-refractivity contribution in [2.75, 3.05) is 26.1 Å². The van der Waals surface area contributed by atoms with Gasteiger partial charge in [-0.05, 0) is 42.3 Å². The fourth-order valence-electron chi connectivity index (χ4n) is 2.68. The molecule has 0 heterocycles. The lowest BCUT2D eigenvalue weighted by Crippen LogP contribution is -2.28. The van der Waals surface area contributed by atoms with E-state index in [0.717, 1.165) is 5.56 Å². The molecule has 27 heavy (non-hydrogen) atoms. The summed E-state index contributed by atoms with van der Waals surface area (Å²) in [6, 6.07) is 12.1. The molecular weight excluding hydrogens is 348 g/mol. The third-order valence-electron chi connectivity index (χ3n) is 4.09. The first kappa shape index (κ1) is 20.1. The molecule has 7 nitrogen and oxygen atoms in total. The second-order valence-electron chi connectivity index (χ2n) is 5.88. The monoisotopic (exact) mass is 372 g/mol. The van der Waals surface area contributed by atoms with Crippen LogP contribution in [-0.4, -0.2) is 37.7 Å². The van der Waals surface area contributed by atoms with Crippen LogP contribution in [0.15, 0.2) is 42.5 Å². The highest BCUT2D eigenvalue weighted by Crippen LogP contribution is 2.31. The Labute approximate surface area is 158 Å². The van der Waals surface area contributed by atoms with Crippen LogP contribution in [0.3, 0.4) is 0 Å². The second-order valence-corrected chi connectivity index (χ2v) is 5.88. The lowest BCUT2D eigenvalue weighted by molar-refractivity contribution is -0.134. The largest absolute Gasteiger partial charge is 0.493 e. The van der Waals surface area contributed by atoms with Gasteiger partial charge in [0.25, 0.3) is 5.91 Å². The second kappa shape index (κ2) is 9.47. The lowest BCUT2D eigenvalue weighted by atomic mass is 10.0. The number of rotatable bonds is 9. The Morgan fingerprint density at radius 3 is 2.44 bits per heavy atom. The molecule has 3 N–H and O–H groups in total. The van der Waals surface area contributed by atoms with Crippen molar-refractivity contribution in [1.82, 2.24) is 5.32 Å². The molecule has 7 heteroatoms. The van der Waals surface area contributed by atoms with E-state index in [2.05, 4.69) is 10.6 Å². The first-order chi connectivity index (χ1) is 13.0. The highest BCUT2D eigenvalue weighted by molar-refractivity contribution is 5.95. The Bertz CT molecular complexity index is 807. The Kier molecular flexibility index (Phi) is 7.05. The maximum Gasteiger partial charge on any atom is 0.322 e. The predicted molar refractivity (Wildman–Crippen MR) is 103 cm³/mol. The summed E-state index contributed by atoms with van der Waals surface area (Å²) in [6.07, 6.45) is 0.693. The van der Waals surface area contributed by atoms with Crippen LogP contribution in [0.5, 0.6) is 11.5 Å². The molecule has 0 radical (unpaired) electrons. The molecule has 0 saturated heterocycles. The number of hydrogen-bond donors (Lipinski definition) is 3. The molecule has 0 aromatic heterocycles. The van der Waals surface area contributed by atoms with Gasteiger partial charge >= 0.3 is 5.97 Å². The standard InChI is InChI=1S/C20H24N2O5/c1-4-16(13-8-9-17(26-2)18(11-13)27-3)22-20(25)14-6-5-7-15(10-14)21-12-19(23)24/h5-11,16,21H,4,12H2,1-3H3,(H,22,25)(H,23,24)/t16-/m1/s1. The molecule has 2 aromatic carbocycles. The lowest BCUT2D eigenvalue weighted by Gasteiger charge is -2.19. The van der Waals surface area contributed by atoms with Crippen molar-refractivity contribution in [3.8, 4) is 11.5 Å². The van der Waals surface area contributed by atoms with Gasteiger partial charge in [-0.25, -0.2) is 0 Å². The number of benzene rings is 2. The van der Waals surface area contributed by atoms with Gasteiger partial charge in [0.05, 0.1) is 20.3 Å². The molecule has 2 aromatic rings. The van der Waals surface area contributed by atoms with Crippen LogP contribution in [0.2, 0.25) is 0 Å². The summed E-state index contributed by atoms with van der Waals surface area (Å²) in [7, 11) is 3.14. The molecule has 2 rings (SSSR count). The summed E-state index contributed by atoms with van der Waals surface area (Å²) < 4.78 is 10.6. The molecule has 0 spiro atoms. The van der Waals surface area contributed by atoms with E-state index in [0.29, 0.717) is 29.2 Å². The van der Waals surface area contributed by atoms with Crippen LogP contribution in [0.4, 0.5) is 5.69 Å². The number of carboxylic acids is 1. The zero-order chi connectivity index (χ0) is 19.8. The Hall–Kier alpha value is -3.22. The van der Waals surface area contributed by atoms with Gasteiger partial charge in [-0.3, -0.25) is 9.59 Å². The van der Waals surface area contributed by atoms with E-state index in [-0.39, 0.29) is 18.5 Å². The van der Waals surface area contributed by atoms with Crippen molar-refractivity contribution < 1.29 is 24.2 Å². The molecule has 0 aliphatic carbocycles. The number of methoxy groups -OCH3 is 2. The summed E-state index contributed by atoms with van der Waals surface area (Å²) in [5.41, 5.74) is 1.93. The fourth-order valence-corrected chi connectivity index (χ4v) is 2.68. The summed E-state index contributed by atoms with van der Waals surface area (Å²) >= 11 is 0. The highest BCUT2D eigenvalue weighted by atomic mass is 16.5. The quantitative estimate of drug-likeness (QED) is 0.626. The number of hydrogen-bond acceptors (Lipinski definition) is 5. The first-order valence-electron chi connectivity index (χ1n) is 8.57. The number of carboxylic acid groups (broad SMARTS) is 1. The van der Waals surface area contributed by atoms with Crippen LogP contribution < -0.4 is 20.1 Å². The smallest absolute Gasteiger partial charge is 0.322 e. The van der Waals surface area contributed by atoms with Crippen LogP contribution in [0.25, 0.3) is 0 Å². The third kappa shape index (κ3) is 5.37. The topological polar surface area (TPSA) is 96.9 Å². The van der Waals surface area contributed by atoms with Crippen molar-refractivity contribution in [3.05, 3.63) is 53.6 Å². The molecule has 0 unspecified atom stereocenters. The highest BCUT2D eigenvalue weighted by Gasteiger charge is 2.16. The van der Waals surface area contributed by atoms with E-state index < -0.39 is 5.97 Å². The zero-order valence-corrected chi connectivity index (χ0v) is 15.6. The summed E-state index contributed by atoms with van der Waals surface area (Å²) in [5, 5.41) is 14.5. The molecule has 0 aliphatic heterocycles.